The van der Waals surface area contributed by atoms with Crippen LogP contribution in [0.5, 0.6) is 11.5 Å². The zero-order valence-electron chi connectivity index (χ0n) is 12.2. The van der Waals surface area contributed by atoms with Gasteiger partial charge in [-0.1, -0.05) is 12.1 Å². The highest BCUT2D eigenvalue weighted by Gasteiger charge is 2.20. The molecule has 1 aliphatic heterocycles. The summed E-state index contributed by atoms with van der Waals surface area (Å²) in [5.41, 5.74) is 0.966. The Balaban J connectivity index is 1.42. The second-order valence-corrected chi connectivity index (χ2v) is 5.89. The molecule has 0 aliphatic carbocycles. The number of hydrogen-bond donors (Lipinski definition) is 2. The van der Waals surface area contributed by atoms with E-state index in [0.717, 1.165) is 16.5 Å². The summed E-state index contributed by atoms with van der Waals surface area (Å²) in [6, 6.07) is 7.26. The van der Waals surface area contributed by atoms with Crippen LogP contribution in [0.4, 0.5) is 4.79 Å². The molecule has 0 unspecified atom stereocenters. The molecule has 2 N–H and O–H groups in total. The van der Waals surface area contributed by atoms with Gasteiger partial charge in [-0.2, -0.15) is 0 Å². The summed E-state index contributed by atoms with van der Waals surface area (Å²) in [5.74, 6) is 1.45. The van der Waals surface area contributed by atoms with Crippen molar-refractivity contribution in [3.8, 4) is 11.5 Å². The van der Waals surface area contributed by atoms with Crippen LogP contribution >= 0.6 is 11.3 Å². The number of aromatic nitrogens is 1. The molecule has 0 radical (unpaired) electrons. The number of fused-ring (bicyclic) bond motifs is 1. The fourth-order valence-electron chi connectivity index (χ4n) is 2.07. The summed E-state index contributed by atoms with van der Waals surface area (Å²) < 4.78 is 11.4. The van der Waals surface area contributed by atoms with Gasteiger partial charge >= 0.3 is 6.03 Å². The highest BCUT2D eigenvalue weighted by atomic mass is 32.1. The minimum atomic E-state index is -0.240. The summed E-state index contributed by atoms with van der Waals surface area (Å²) in [5, 5.41) is 8.40. The van der Waals surface area contributed by atoms with Crippen molar-refractivity contribution in [1.82, 2.24) is 15.6 Å². The number of ether oxygens (including phenoxy) is 2. The molecule has 116 valence electrons. The van der Waals surface area contributed by atoms with Crippen LogP contribution in [0.3, 0.4) is 0 Å². The lowest BCUT2D eigenvalue weighted by Crippen LogP contribution is -2.44. The molecule has 1 aliphatic rings. The molecule has 1 aromatic heterocycles. The zero-order chi connectivity index (χ0) is 15.4. The average molecular weight is 319 g/mol. The Morgan fingerprint density at radius 2 is 2.18 bits per heavy atom. The van der Waals surface area contributed by atoms with Gasteiger partial charge in [0.15, 0.2) is 17.6 Å². The monoisotopic (exact) mass is 319 g/mol. The van der Waals surface area contributed by atoms with E-state index in [2.05, 4.69) is 15.6 Å². The zero-order valence-corrected chi connectivity index (χ0v) is 13.0. The number of nitrogens with zero attached hydrogens (tertiary/aromatic N) is 1. The Kier molecular flexibility index (Phi) is 4.43. The third kappa shape index (κ3) is 3.67. The Morgan fingerprint density at radius 1 is 1.36 bits per heavy atom. The molecule has 3 rings (SSSR count). The molecule has 1 aromatic carbocycles. The fourth-order valence-corrected chi connectivity index (χ4v) is 2.78. The first-order valence-electron chi connectivity index (χ1n) is 7.02. The van der Waals surface area contributed by atoms with Crippen molar-refractivity contribution >= 4 is 17.4 Å². The first-order valence-corrected chi connectivity index (χ1v) is 7.90. The molecule has 0 fully saturated rings. The lowest BCUT2D eigenvalue weighted by molar-refractivity contribution is 0.0918. The summed E-state index contributed by atoms with van der Waals surface area (Å²) in [6.07, 6.45) is -0.192. The largest absolute Gasteiger partial charge is 0.486 e. The number of thiazole rings is 1. The SMILES string of the molecule is Cc1csc(CNC(=O)NC[C@@H]2COc3ccccc3O2)n1. The van der Waals surface area contributed by atoms with Crippen molar-refractivity contribution in [3.63, 3.8) is 0 Å². The smallest absolute Gasteiger partial charge is 0.315 e. The Hall–Kier alpha value is -2.28. The summed E-state index contributed by atoms with van der Waals surface area (Å²) >= 11 is 1.53. The number of carbonyl (C=O) groups is 1. The van der Waals surface area contributed by atoms with E-state index in [4.69, 9.17) is 9.47 Å². The van der Waals surface area contributed by atoms with Crippen LogP contribution in [0.2, 0.25) is 0 Å². The number of para-hydroxylation sites is 2. The predicted octanol–water partition coefficient (Wildman–Crippen LogP) is 2.09. The number of rotatable bonds is 4. The maximum atomic E-state index is 11.8. The number of hydrogen-bond acceptors (Lipinski definition) is 5. The van der Waals surface area contributed by atoms with Crippen molar-refractivity contribution in [3.05, 3.63) is 40.3 Å². The predicted molar refractivity (Wildman–Crippen MR) is 83.4 cm³/mol. The first kappa shape index (κ1) is 14.6. The van der Waals surface area contributed by atoms with E-state index in [0.29, 0.717) is 25.4 Å². The van der Waals surface area contributed by atoms with Crippen LogP contribution in [0.25, 0.3) is 0 Å². The van der Waals surface area contributed by atoms with Crippen LogP contribution in [0, 0.1) is 6.92 Å². The molecule has 22 heavy (non-hydrogen) atoms. The van der Waals surface area contributed by atoms with Gasteiger partial charge in [-0.15, -0.1) is 11.3 Å². The molecule has 1 atom stereocenters. The topological polar surface area (TPSA) is 72.5 Å². The molecule has 0 spiro atoms. The average Bonchev–Trinajstić information content (AvgIpc) is 2.96. The van der Waals surface area contributed by atoms with Gasteiger partial charge in [0.25, 0.3) is 0 Å². The van der Waals surface area contributed by atoms with Gasteiger partial charge in [-0.25, -0.2) is 9.78 Å². The number of urea groups is 1. The lowest BCUT2D eigenvalue weighted by Gasteiger charge is -2.26. The Morgan fingerprint density at radius 3 is 2.95 bits per heavy atom. The highest BCUT2D eigenvalue weighted by Crippen LogP contribution is 2.30. The van der Waals surface area contributed by atoms with Crippen LogP contribution < -0.4 is 20.1 Å². The van der Waals surface area contributed by atoms with Gasteiger partial charge in [0.1, 0.15) is 11.6 Å². The molecule has 0 bridgehead atoms. The molecule has 0 saturated heterocycles. The minimum absolute atomic E-state index is 0.192. The van der Waals surface area contributed by atoms with Crippen LogP contribution in [0.15, 0.2) is 29.6 Å². The molecule has 6 nitrogen and oxygen atoms in total. The van der Waals surface area contributed by atoms with E-state index in [1.54, 1.807) is 0 Å². The number of benzene rings is 1. The number of amides is 2. The van der Waals surface area contributed by atoms with Crippen molar-refractivity contribution in [2.75, 3.05) is 13.2 Å². The minimum Gasteiger partial charge on any atom is -0.486 e. The highest BCUT2D eigenvalue weighted by molar-refractivity contribution is 7.09. The third-order valence-electron chi connectivity index (χ3n) is 3.12. The number of aryl methyl sites for hydroxylation is 1. The molecule has 2 aromatic rings. The molecule has 2 heterocycles. The fraction of sp³-hybridized carbons (Fsp3) is 0.333. The van der Waals surface area contributed by atoms with Gasteiger partial charge in [-0.3, -0.25) is 0 Å². The molecular formula is C15H17N3O3S. The second-order valence-electron chi connectivity index (χ2n) is 4.94. The van der Waals surface area contributed by atoms with Gasteiger partial charge < -0.3 is 20.1 Å². The molecule has 0 saturated carbocycles. The van der Waals surface area contributed by atoms with Gasteiger partial charge in [0, 0.05) is 11.1 Å². The van der Waals surface area contributed by atoms with E-state index in [1.807, 2.05) is 36.6 Å². The van der Waals surface area contributed by atoms with E-state index in [-0.39, 0.29) is 12.1 Å². The molecular weight excluding hydrogens is 302 g/mol. The number of nitrogens with one attached hydrogen (secondary N) is 2. The van der Waals surface area contributed by atoms with Crippen LogP contribution in [-0.4, -0.2) is 30.3 Å². The van der Waals surface area contributed by atoms with Crippen molar-refractivity contribution in [1.29, 1.82) is 0 Å². The van der Waals surface area contributed by atoms with Crippen molar-refractivity contribution in [2.45, 2.75) is 19.6 Å². The summed E-state index contributed by atoms with van der Waals surface area (Å²) in [4.78, 5) is 16.1. The van der Waals surface area contributed by atoms with Gasteiger partial charge in [0.2, 0.25) is 0 Å². The number of carbonyl (C=O) groups excluding carboxylic acids is 1. The van der Waals surface area contributed by atoms with E-state index >= 15 is 0 Å². The maximum Gasteiger partial charge on any atom is 0.315 e. The van der Waals surface area contributed by atoms with E-state index < -0.39 is 0 Å². The van der Waals surface area contributed by atoms with Crippen LogP contribution in [0.1, 0.15) is 10.7 Å². The summed E-state index contributed by atoms with van der Waals surface area (Å²) in [6.45, 7) is 3.16. The Bertz CT molecular complexity index is 659. The quantitative estimate of drug-likeness (QED) is 0.905. The van der Waals surface area contributed by atoms with E-state index in [1.165, 1.54) is 11.3 Å². The molecule has 7 heteroatoms. The first-order chi connectivity index (χ1) is 10.7. The normalized spacial score (nSPS) is 16.1. The van der Waals surface area contributed by atoms with Crippen molar-refractivity contribution < 1.29 is 14.3 Å². The van der Waals surface area contributed by atoms with E-state index in [9.17, 15) is 4.79 Å². The maximum absolute atomic E-state index is 11.8. The summed E-state index contributed by atoms with van der Waals surface area (Å²) in [7, 11) is 0. The van der Waals surface area contributed by atoms with Gasteiger partial charge in [0.05, 0.1) is 13.1 Å². The van der Waals surface area contributed by atoms with Crippen LogP contribution in [-0.2, 0) is 6.54 Å². The Labute approximate surface area is 132 Å². The lowest BCUT2D eigenvalue weighted by atomic mass is 10.2. The molecule has 2 amide bonds. The third-order valence-corrected chi connectivity index (χ3v) is 4.09. The van der Waals surface area contributed by atoms with Crippen molar-refractivity contribution in [2.24, 2.45) is 0 Å². The van der Waals surface area contributed by atoms with Gasteiger partial charge in [-0.05, 0) is 19.1 Å². The standard InChI is InChI=1S/C15H17N3O3S/c1-10-9-22-14(18-10)7-17-15(19)16-6-11-8-20-12-4-2-3-5-13(12)21-11/h2-5,9,11H,6-8H2,1H3,(H2,16,17,19)/t11-/m1/s1. The second kappa shape index (κ2) is 6.65.